The Morgan fingerprint density at radius 1 is 0.483 bits per heavy atom. The van der Waals surface area contributed by atoms with Gasteiger partial charge in [0.05, 0.1) is 56.0 Å². The average Bonchev–Trinajstić information content (AvgIpc) is 3.13. The van der Waals surface area contributed by atoms with Gasteiger partial charge in [0.25, 0.3) is 0 Å². The summed E-state index contributed by atoms with van der Waals surface area (Å²) in [5.74, 6) is -0.303. The van der Waals surface area contributed by atoms with Crippen molar-refractivity contribution in [1.82, 2.24) is 21.3 Å². The number of rotatable bonds is 32. The molecule has 0 aromatic carbocycles. The van der Waals surface area contributed by atoms with E-state index in [1.807, 2.05) is 13.8 Å². The van der Waals surface area contributed by atoms with Crippen LogP contribution in [0, 0.1) is 29.1 Å². The fraction of sp³-hybridized carbons (Fsp3) is 0.789. The lowest BCUT2D eigenvalue weighted by atomic mass is 9.92. The number of nitrogens with one attached hydrogen (secondary N) is 4. The molecule has 0 fully saturated rings. The zero-order valence-corrected chi connectivity index (χ0v) is 35.1. The molecule has 0 bridgehead atoms. The van der Waals surface area contributed by atoms with Gasteiger partial charge < -0.3 is 73.5 Å². The zero-order valence-electron chi connectivity index (χ0n) is 38.1. The molecule has 58 heavy (non-hydrogen) atoms. The second-order valence-corrected chi connectivity index (χ2v) is 15.4. The topological polar surface area (TPSA) is 259 Å². The molecule has 4 N–H and O–H groups in total. The Morgan fingerprint density at radius 2 is 0.741 bits per heavy atom. The van der Waals surface area contributed by atoms with Crippen molar-refractivity contribution in [3.8, 4) is 0 Å². The van der Waals surface area contributed by atoms with Crippen LogP contribution in [0.2, 0.25) is 0 Å². The summed E-state index contributed by atoms with van der Waals surface area (Å²) >= 11 is 0. The SMILES string of the molecule is [2H]C(=O)C(CC(C)C)NC(=O)OCOCC(COCOC(=O)NC(CC(C)C)C([2H])=O)(COCOC(=O)NC(CC(C)C)C([2H])=O)COCOC(=O)NC(CC(C)C)C(C)=O. The maximum atomic E-state index is 12.5. The van der Waals surface area contributed by atoms with E-state index < -0.39 is 126 Å². The molecule has 0 aliphatic heterocycles. The van der Waals surface area contributed by atoms with Gasteiger partial charge in [-0.05, 0) is 56.3 Å². The van der Waals surface area contributed by atoms with E-state index in [4.69, 9.17) is 42.0 Å². The molecule has 4 atom stereocenters. The third-order valence-electron chi connectivity index (χ3n) is 7.64. The number of hydrogen-bond donors (Lipinski definition) is 4. The lowest BCUT2D eigenvalue weighted by Crippen LogP contribution is -2.44. The first-order chi connectivity index (χ1) is 28.5. The molecule has 0 aliphatic carbocycles. The second-order valence-electron chi connectivity index (χ2n) is 15.4. The van der Waals surface area contributed by atoms with Crippen molar-refractivity contribution < 1.29 is 80.4 Å². The molecule has 4 unspecified atom stereocenters. The molecular formula is C38H66N4O16. The summed E-state index contributed by atoms with van der Waals surface area (Å²) in [5, 5.41) is 9.35. The van der Waals surface area contributed by atoms with Gasteiger partial charge in [0.1, 0.15) is 22.9 Å². The van der Waals surface area contributed by atoms with Crippen LogP contribution in [-0.2, 0) is 57.1 Å². The summed E-state index contributed by atoms with van der Waals surface area (Å²) in [6.45, 7) is 11.3. The van der Waals surface area contributed by atoms with Gasteiger partial charge in [-0.2, -0.15) is 0 Å². The minimum atomic E-state index is -1.48. The highest BCUT2D eigenvalue weighted by atomic mass is 16.7. The Balaban J connectivity index is 6.13. The predicted octanol–water partition coefficient (Wildman–Crippen LogP) is 3.62. The Kier molecular flexibility index (Phi) is 25.3. The van der Waals surface area contributed by atoms with Crippen LogP contribution in [0.15, 0.2) is 0 Å². The Labute approximate surface area is 345 Å². The summed E-state index contributed by atoms with van der Waals surface area (Å²) in [6, 6.07) is -4.22. The molecule has 0 spiro atoms. The highest BCUT2D eigenvalue weighted by Crippen LogP contribution is 2.21. The van der Waals surface area contributed by atoms with E-state index in [1.54, 1.807) is 41.5 Å². The molecule has 0 saturated heterocycles. The molecule has 0 heterocycles. The summed E-state index contributed by atoms with van der Waals surface area (Å²) < 4.78 is 65.0. The molecule has 0 saturated carbocycles. The molecule has 0 rings (SSSR count). The number of amides is 4. The van der Waals surface area contributed by atoms with Crippen LogP contribution >= 0.6 is 0 Å². The maximum Gasteiger partial charge on any atom is 0.409 e. The quantitative estimate of drug-likeness (QED) is 0.0326. The number of Topliss-reactive ketones (excluding diaryl/α,β-unsaturated/α-hetero) is 1. The molecule has 4 amide bonds. The zero-order chi connectivity index (χ0) is 46.7. The number of ketones is 1. The Bertz CT molecular complexity index is 1200. The lowest BCUT2D eigenvalue weighted by Gasteiger charge is -2.32. The summed E-state index contributed by atoms with van der Waals surface area (Å²) in [7, 11) is 0. The second kappa shape index (κ2) is 30.6. The van der Waals surface area contributed by atoms with E-state index in [1.165, 1.54) is 6.92 Å². The first-order valence-electron chi connectivity index (χ1n) is 20.5. The number of hydrogen-bond acceptors (Lipinski definition) is 16. The number of carbonyl (C=O) groups excluding carboxylic acids is 8. The number of alkyl carbamates (subject to hydrolysis) is 4. The van der Waals surface area contributed by atoms with E-state index >= 15 is 0 Å². The summed E-state index contributed by atoms with van der Waals surface area (Å²) in [6.07, 6.45) is -6.35. The molecule has 0 aromatic rings. The van der Waals surface area contributed by atoms with Gasteiger partial charge in [-0.1, -0.05) is 55.4 Å². The Hall–Kier alpha value is -4.40. The third-order valence-corrected chi connectivity index (χ3v) is 7.64. The molecule has 0 aliphatic rings. The minimum Gasteiger partial charge on any atom is -0.422 e. The standard InChI is InChI=1S/C38H66N4O16/c1-25(2)10-30(14-43)39-34(47)55-21-51-17-38(18-52-22-56-35(48)40-31(15-44)11-26(3)4,19-53-23-57-36(49)41-32(16-45)12-27(5)6)20-54-24-58-37(50)42-33(29(9)46)13-28(7)8/h14-16,25-28,30-33H,10-13,17-24H2,1-9H3,(H,39,47)(H,40,48)(H,41,49)(H,42,50)/i14D,15D,16D. The van der Waals surface area contributed by atoms with Crippen LogP contribution < -0.4 is 21.3 Å². The van der Waals surface area contributed by atoms with E-state index in [0.717, 1.165) is 0 Å². The maximum absolute atomic E-state index is 12.5. The van der Waals surface area contributed by atoms with E-state index in [9.17, 15) is 38.4 Å². The summed E-state index contributed by atoms with van der Waals surface area (Å²) in [4.78, 5) is 97.0. The average molecular weight is 838 g/mol. The van der Waals surface area contributed by atoms with Gasteiger partial charge in [-0.25, -0.2) is 19.2 Å². The highest BCUT2D eigenvalue weighted by Gasteiger charge is 2.34. The van der Waals surface area contributed by atoms with Gasteiger partial charge in [0.15, 0.2) is 33.0 Å². The van der Waals surface area contributed by atoms with Crippen molar-refractivity contribution in [2.75, 3.05) is 53.6 Å². The van der Waals surface area contributed by atoms with Crippen molar-refractivity contribution in [2.45, 2.75) is 112 Å². The van der Waals surface area contributed by atoms with Gasteiger partial charge in [0.2, 0.25) is 0 Å². The van der Waals surface area contributed by atoms with Crippen molar-refractivity contribution in [3.63, 3.8) is 0 Å². The van der Waals surface area contributed by atoms with Crippen LogP contribution in [0.25, 0.3) is 0 Å². The largest absolute Gasteiger partial charge is 0.422 e. The fourth-order valence-corrected chi connectivity index (χ4v) is 5.02. The van der Waals surface area contributed by atoms with Gasteiger partial charge in [-0.15, -0.1) is 0 Å². The number of ether oxygens (including phenoxy) is 8. The predicted molar refractivity (Wildman–Crippen MR) is 206 cm³/mol. The number of aldehydes is 3. The summed E-state index contributed by atoms with van der Waals surface area (Å²) in [5.41, 5.74) is -1.48. The van der Waals surface area contributed by atoms with E-state index in [2.05, 4.69) is 21.3 Å². The minimum absolute atomic E-state index is 0.0320. The monoisotopic (exact) mass is 837 g/mol. The first kappa shape index (κ1) is 48.0. The van der Waals surface area contributed by atoms with Gasteiger partial charge in [-0.3, -0.25) is 4.79 Å². The highest BCUT2D eigenvalue weighted by molar-refractivity contribution is 5.85. The first-order valence-corrected chi connectivity index (χ1v) is 19.0. The van der Waals surface area contributed by atoms with Gasteiger partial charge in [0, 0.05) is 0 Å². The van der Waals surface area contributed by atoms with Crippen LogP contribution in [0.1, 0.15) is 92.1 Å². The molecule has 20 heteroatoms. The molecule has 0 aromatic heterocycles. The third kappa shape index (κ3) is 27.3. The number of carbonyl (C=O) groups is 8. The van der Waals surface area contributed by atoms with Crippen molar-refractivity contribution in [1.29, 1.82) is 0 Å². The van der Waals surface area contributed by atoms with Crippen LogP contribution in [0.5, 0.6) is 0 Å². The lowest BCUT2D eigenvalue weighted by molar-refractivity contribution is -0.164. The van der Waals surface area contributed by atoms with Crippen LogP contribution in [0.3, 0.4) is 0 Å². The normalized spacial score (nSPS) is 15.1. The van der Waals surface area contributed by atoms with Crippen molar-refractivity contribution in [2.24, 2.45) is 29.1 Å². The van der Waals surface area contributed by atoms with E-state index in [-0.39, 0.29) is 48.7 Å². The molecule has 0 radical (unpaired) electrons. The molecular weight excluding hydrogens is 768 g/mol. The van der Waals surface area contributed by atoms with Crippen molar-refractivity contribution in [3.05, 3.63) is 0 Å². The Morgan fingerprint density at radius 3 is 0.966 bits per heavy atom. The molecule has 334 valence electrons. The fourth-order valence-electron chi connectivity index (χ4n) is 5.02. The van der Waals surface area contributed by atoms with Crippen molar-refractivity contribution >= 4 is 48.9 Å². The van der Waals surface area contributed by atoms with Crippen LogP contribution in [0.4, 0.5) is 19.2 Å². The smallest absolute Gasteiger partial charge is 0.409 e. The molecule has 20 nitrogen and oxygen atoms in total. The van der Waals surface area contributed by atoms with Crippen LogP contribution in [-0.4, -0.2) is 127 Å². The van der Waals surface area contributed by atoms with E-state index in [0.29, 0.717) is 6.42 Å². The van der Waals surface area contributed by atoms with Gasteiger partial charge >= 0.3 is 24.4 Å².